The zero-order valence-electron chi connectivity index (χ0n) is 15.5. The minimum atomic E-state index is -1.41. The van der Waals surface area contributed by atoms with Crippen LogP contribution in [0.3, 0.4) is 0 Å². The summed E-state index contributed by atoms with van der Waals surface area (Å²) in [6.07, 6.45) is -0.426. The van der Waals surface area contributed by atoms with Gasteiger partial charge in [0.15, 0.2) is 0 Å². The van der Waals surface area contributed by atoms with Crippen LogP contribution >= 0.6 is 0 Å². The highest BCUT2D eigenvalue weighted by Gasteiger charge is 2.47. The van der Waals surface area contributed by atoms with Crippen molar-refractivity contribution in [2.45, 2.75) is 76.9 Å². The number of nitrogens with one attached hydrogen (secondary N) is 1. The van der Waals surface area contributed by atoms with E-state index in [9.17, 15) is 14.1 Å². The lowest BCUT2D eigenvalue weighted by atomic mass is 10.1. The number of methoxy groups -OCH3 is 1. The largest absolute Gasteiger partial charge is 0.598 e. The molecule has 1 unspecified atom stereocenters. The molecule has 3 atom stereocenters. The molecule has 140 valence electrons. The van der Waals surface area contributed by atoms with Crippen LogP contribution in [0.25, 0.3) is 0 Å². The van der Waals surface area contributed by atoms with Crippen LogP contribution in [-0.4, -0.2) is 46.3 Å². The Kier molecular flexibility index (Phi) is 6.95. The fourth-order valence-corrected chi connectivity index (χ4v) is 2.84. The summed E-state index contributed by atoms with van der Waals surface area (Å²) in [6, 6.07) is -0.579. The van der Waals surface area contributed by atoms with Crippen molar-refractivity contribution in [1.29, 1.82) is 0 Å². The third kappa shape index (κ3) is 6.86. The fourth-order valence-electron chi connectivity index (χ4n) is 1.92. The highest BCUT2D eigenvalue weighted by atomic mass is 32.2. The molecule has 0 aliphatic heterocycles. The molecule has 0 saturated heterocycles. The lowest BCUT2D eigenvalue weighted by molar-refractivity contribution is -0.155. The van der Waals surface area contributed by atoms with Gasteiger partial charge in [-0.2, -0.15) is 0 Å². The van der Waals surface area contributed by atoms with Crippen molar-refractivity contribution in [1.82, 2.24) is 4.72 Å². The Bertz CT molecular complexity index is 452. The van der Waals surface area contributed by atoms with Crippen LogP contribution in [-0.2, 0) is 30.4 Å². The van der Waals surface area contributed by atoms with Crippen molar-refractivity contribution in [2.75, 3.05) is 7.11 Å². The second-order valence-corrected chi connectivity index (χ2v) is 9.89. The normalized spacial score (nSPS) is 19.2. The van der Waals surface area contributed by atoms with Crippen molar-refractivity contribution in [3.05, 3.63) is 0 Å². The van der Waals surface area contributed by atoms with Crippen molar-refractivity contribution >= 4 is 23.5 Å². The van der Waals surface area contributed by atoms with E-state index >= 15 is 0 Å². The lowest BCUT2D eigenvalue weighted by Crippen LogP contribution is -2.54. The number of hydrogen-bond donors (Lipinski definition) is 1. The standard InChI is InChI=1S/C16H29NO6S/c1-15(2,3)23-14(19)22-12(13(18)21-7)11(10-8-9-10)17-24(20)16(4,5)6/h10-12,17H,8-9H2,1-7H3/t11-,12+,24?/m1/s1. The van der Waals surface area contributed by atoms with E-state index in [0.717, 1.165) is 12.8 Å². The second kappa shape index (κ2) is 7.93. The topological polar surface area (TPSA) is 96.9 Å². The average Bonchev–Trinajstić information content (AvgIpc) is 3.22. The minimum Gasteiger partial charge on any atom is -0.598 e. The van der Waals surface area contributed by atoms with Gasteiger partial charge in [-0.25, -0.2) is 9.59 Å². The number of rotatable bonds is 6. The van der Waals surface area contributed by atoms with Crippen molar-refractivity contribution < 1.29 is 28.4 Å². The van der Waals surface area contributed by atoms with Gasteiger partial charge in [-0.1, -0.05) is 0 Å². The maximum Gasteiger partial charge on any atom is 0.509 e. The molecule has 0 aromatic rings. The molecule has 0 radical (unpaired) electrons. The van der Waals surface area contributed by atoms with Gasteiger partial charge in [0.2, 0.25) is 6.10 Å². The Morgan fingerprint density at radius 3 is 2.08 bits per heavy atom. The molecule has 0 amide bonds. The summed E-state index contributed by atoms with van der Waals surface area (Å²) in [4.78, 5) is 24.1. The quantitative estimate of drug-likeness (QED) is 0.571. The first-order chi connectivity index (χ1) is 10.8. The van der Waals surface area contributed by atoms with E-state index in [1.54, 1.807) is 20.8 Å². The van der Waals surface area contributed by atoms with Crippen molar-refractivity contribution in [3.63, 3.8) is 0 Å². The fraction of sp³-hybridized carbons (Fsp3) is 0.875. The Labute approximate surface area is 147 Å². The molecular weight excluding hydrogens is 334 g/mol. The Balaban J connectivity index is 2.90. The van der Waals surface area contributed by atoms with Gasteiger partial charge in [0, 0.05) is 11.4 Å². The number of esters is 1. The maximum atomic E-state index is 12.4. The molecule has 1 aliphatic rings. The summed E-state index contributed by atoms with van der Waals surface area (Å²) in [5.41, 5.74) is -0.742. The number of carbonyl (C=O) groups excluding carboxylic acids is 2. The molecule has 0 aromatic heterocycles. The Morgan fingerprint density at radius 2 is 1.71 bits per heavy atom. The number of hydrogen-bond acceptors (Lipinski definition) is 7. The zero-order chi connectivity index (χ0) is 18.7. The molecule has 1 fully saturated rings. The monoisotopic (exact) mass is 363 g/mol. The summed E-state index contributed by atoms with van der Waals surface area (Å²) < 4.78 is 29.9. The van der Waals surface area contributed by atoms with Crippen LogP contribution in [0.2, 0.25) is 0 Å². The van der Waals surface area contributed by atoms with E-state index in [1.807, 2.05) is 20.8 Å². The van der Waals surface area contributed by atoms with Gasteiger partial charge in [0.25, 0.3) is 0 Å². The molecule has 1 saturated carbocycles. The molecule has 1 N–H and O–H groups in total. The van der Waals surface area contributed by atoms with Crippen molar-refractivity contribution in [2.24, 2.45) is 5.92 Å². The molecule has 0 spiro atoms. The average molecular weight is 363 g/mol. The molecule has 0 bridgehead atoms. The SMILES string of the molecule is COC(=O)[C@@H](OC(=O)OC(C)(C)C)[C@H](N[S+]([O-])C(C)(C)C)C1CC1. The van der Waals surface area contributed by atoms with Gasteiger partial charge in [-0.15, -0.1) is 4.72 Å². The minimum absolute atomic E-state index is 0.0998. The van der Waals surface area contributed by atoms with E-state index in [2.05, 4.69) is 4.72 Å². The van der Waals surface area contributed by atoms with E-state index in [-0.39, 0.29) is 5.92 Å². The van der Waals surface area contributed by atoms with Crippen molar-refractivity contribution in [3.8, 4) is 0 Å². The summed E-state index contributed by atoms with van der Waals surface area (Å²) in [5.74, 6) is -0.598. The van der Waals surface area contributed by atoms with Crippen LogP contribution in [0.4, 0.5) is 4.79 Å². The summed E-state index contributed by atoms with van der Waals surface area (Å²) in [7, 11) is 1.22. The van der Waals surface area contributed by atoms with Gasteiger partial charge in [0.05, 0.1) is 7.11 Å². The number of ether oxygens (including phenoxy) is 3. The van der Waals surface area contributed by atoms with E-state index < -0.39 is 46.0 Å². The highest BCUT2D eigenvalue weighted by molar-refractivity contribution is 7.90. The second-order valence-electron chi connectivity index (χ2n) is 7.89. The van der Waals surface area contributed by atoms with Crippen LogP contribution in [0.15, 0.2) is 0 Å². The Hall–Kier alpha value is -0.990. The van der Waals surface area contributed by atoms with Crippen LogP contribution in [0.1, 0.15) is 54.4 Å². The van der Waals surface area contributed by atoms with Gasteiger partial charge < -0.3 is 18.8 Å². The van der Waals surface area contributed by atoms with E-state index in [1.165, 1.54) is 7.11 Å². The first kappa shape index (κ1) is 21.1. The molecule has 7 nitrogen and oxygen atoms in total. The molecule has 24 heavy (non-hydrogen) atoms. The zero-order valence-corrected chi connectivity index (χ0v) is 16.3. The molecule has 1 aliphatic carbocycles. The molecule has 0 heterocycles. The first-order valence-electron chi connectivity index (χ1n) is 8.00. The summed E-state index contributed by atoms with van der Waals surface area (Å²) >= 11 is -1.41. The molecule has 8 heteroatoms. The van der Waals surface area contributed by atoms with Gasteiger partial charge >= 0.3 is 12.1 Å². The third-order valence-corrected chi connectivity index (χ3v) is 4.90. The first-order valence-corrected chi connectivity index (χ1v) is 9.15. The lowest BCUT2D eigenvalue weighted by Gasteiger charge is -2.31. The summed E-state index contributed by atoms with van der Waals surface area (Å²) in [6.45, 7) is 10.6. The smallest absolute Gasteiger partial charge is 0.509 e. The number of carbonyl (C=O) groups is 2. The van der Waals surface area contributed by atoms with E-state index in [0.29, 0.717) is 0 Å². The van der Waals surface area contributed by atoms with Gasteiger partial charge in [-0.05, 0) is 60.3 Å². The highest BCUT2D eigenvalue weighted by Crippen LogP contribution is 2.36. The van der Waals surface area contributed by atoms with Crippen LogP contribution < -0.4 is 4.72 Å². The Morgan fingerprint density at radius 1 is 1.17 bits per heavy atom. The van der Waals surface area contributed by atoms with E-state index in [4.69, 9.17) is 14.2 Å². The predicted octanol–water partition coefficient (Wildman–Crippen LogP) is 2.31. The maximum absolute atomic E-state index is 12.4. The molecule has 1 rings (SSSR count). The third-order valence-electron chi connectivity index (χ3n) is 3.30. The predicted molar refractivity (Wildman–Crippen MR) is 90.7 cm³/mol. The van der Waals surface area contributed by atoms with Crippen LogP contribution in [0, 0.1) is 5.92 Å². The molecule has 0 aromatic carbocycles. The molecular formula is C16H29NO6S. The van der Waals surface area contributed by atoms with Crippen LogP contribution in [0.5, 0.6) is 0 Å². The summed E-state index contributed by atoms with van der Waals surface area (Å²) in [5, 5.41) is 0. The van der Waals surface area contributed by atoms with Gasteiger partial charge in [-0.3, -0.25) is 0 Å². The van der Waals surface area contributed by atoms with Gasteiger partial charge in [0.1, 0.15) is 16.4 Å².